The third kappa shape index (κ3) is 4.76. The van der Waals surface area contributed by atoms with Gasteiger partial charge in [0, 0.05) is 6.61 Å². The van der Waals surface area contributed by atoms with E-state index in [0.29, 0.717) is 6.61 Å². The van der Waals surface area contributed by atoms with Crippen LogP contribution in [0.5, 0.6) is 0 Å². The van der Waals surface area contributed by atoms with E-state index in [9.17, 15) is 13.2 Å². The molecule has 23 heavy (non-hydrogen) atoms. The number of benzene rings is 1. The summed E-state index contributed by atoms with van der Waals surface area (Å²) in [5, 5.41) is 8.81. The molecule has 1 aromatic carbocycles. The van der Waals surface area contributed by atoms with Crippen molar-refractivity contribution in [3.8, 4) is 6.07 Å². The second-order valence-electron chi connectivity index (χ2n) is 5.22. The van der Waals surface area contributed by atoms with Gasteiger partial charge in [-0.1, -0.05) is 6.07 Å². The lowest BCUT2D eigenvalue weighted by Gasteiger charge is -2.16. The summed E-state index contributed by atoms with van der Waals surface area (Å²) in [6.45, 7) is 2.41. The van der Waals surface area contributed by atoms with Gasteiger partial charge in [-0.2, -0.15) is 5.26 Å². The van der Waals surface area contributed by atoms with Crippen LogP contribution in [0.4, 0.5) is 0 Å². The van der Waals surface area contributed by atoms with Crippen LogP contribution in [-0.2, 0) is 24.3 Å². The van der Waals surface area contributed by atoms with Gasteiger partial charge in [-0.3, -0.25) is 4.79 Å². The zero-order valence-electron chi connectivity index (χ0n) is 12.7. The number of carbonyl (C=O) groups is 1. The van der Waals surface area contributed by atoms with E-state index in [1.165, 1.54) is 31.2 Å². The molecule has 7 nitrogen and oxygen atoms in total. The summed E-state index contributed by atoms with van der Waals surface area (Å²) in [5.41, 5.74) is 0.197. The SMILES string of the molecule is C[C@H](OC[C@@H]1CCCO1)C(=O)NS(=O)(=O)c1cccc(C#N)c1. The van der Waals surface area contributed by atoms with Crippen molar-refractivity contribution in [2.24, 2.45) is 0 Å². The molecule has 0 saturated carbocycles. The summed E-state index contributed by atoms with van der Waals surface area (Å²) in [7, 11) is -4.04. The Balaban J connectivity index is 1.95. The first kappa shape index (κ1) is 17.4. The highest BCUT2D eigenvalue weighted by Gasteiger charge is 2.24. The zero-order chi connectivity index (χ0) is 16.9. The van der Waals surface area contributed by atoms with Crippen molar-refractivity contribution in [3.05, 3.63) is 29.8 Å². The minimum absolute atomic E-state index is 0.0471. The van der Waals surface area contributed by atoms with Gasteiger partial charge in [0.1, 0.15) is 6.10 Å². The third-order valence-corrected chi connectivity index (χ3v) is 4.78. The maximum atomic E-state index is 12.2. The molecular weight excluding hydrogens is 320 g/mol. The first-order valence-electron chi connectivity index (χ1n) is 7.22. The second kappa shape index (κ2) is 7.55. The Hall–Kier alpha value is -1.95. The molecule has 0 unspecified atom stereocenters. The first-order chi connectivity index (χ1) is 10.9. The Morgan fingerprint density at radius 1 is 1.57 bits per heavy atom. The lowest BCUT2D eigenvalue weighted by Crippen LogP contribution is -2.39. The van der Waals surface area contributed by atoms with Crippen molar-refractivity contribution in [2.75, 3.05) is 13.2 Å². The van der Waals surface area contributed by atoms with E-state index in [0.717, 1.165) is 12.8 Å². The molecule has 1 aromatic rings. The molecular formula is C15H18N2O5S. The van der Waals surface area contributed by atoms with Crippen LogP contribution in [-0.4, -0.2) is 39.7 Å². The van der Waals surface area contributed by atoms with Crippen LogP contribution in [0.3, 0.4) is 0 Å². The Labute approximate surface area is 135 Å². The molecule has 2 atom stereocenters. The number of rotatable bonds is 6. The lowest BCUT2D eigenvalue weighted by molar-refractivity contribution is -0.131. The maximum absolute atomic E-state index is 12.2. The van der Waals surface area contributed by atoms with Crippen LogP contribution >= 0.6 is 0 Å². The topological polar surface area (TPSA) is 105 Å². The van der Waals surface area contributed by atoms with Crippen molar-refractivity contribution in [1.82, 2.24) is 4.72 Å². The van der Waals surface area contributed by atoms with E-state index in [2.05, 4.69) is 0 Å². The number of hydrogen-bond acceptors (Lipinski definition) is 6. The molecule has 0 aromatic heterocycles. The summed E-state index contributed by atoms with van der Waals surface area (Å²) < 4.78 is 37.0. The summed E-state index contributed by atoms with van der Waals surface area (Å²) >= 11 is 0. The fourth-order valence-electron chi connectivity index (χ4n) is 2.11. The van der Waals surface area contributed by atoms with Gasteiger partial charge in [-0.15, -0.1) is 0 Å². The number of sulfonamides is 1. The van der Waals surface area contributed by atoms with Gasteiger partial charge in [0.25, 0.3) is 15.9 Å². The molecule has 1 amide bonds. The number of nitriles is 1. The van der Waals surface area contributed by atoms with Crippen LogP contribution in [0.2, 0.25) is 0 Å². The van der Waals surface area contributed by atoms with Crippen LogP contribution in [0.1, 0.15) is 25.3 Å². The molecule has 1 aliphatic rings. The number of ether oxygens (including phenoxy) is 2. The van der Waals surface area contributed by atoms with Crippen LogP contribution in [0, 0.1) is 11.3 Å². The highest BCUT2D eigenvalue weighted by molar-refractivity contribution is 7.90. The molecule has 0 spiro atoms. The van der Waals surface area contributed by atoms with E-state index in [1.54, 1.807) is 0 Å². The molecule has 1 N–H and O–H groups in total. The average Bonchev–Trinajstić information content (AvgIpc) is 3.05. The molecule has 0 radical (unpaired) electrons. The molecule has 1 fully saturated rings. The van der Waals surface area contributed by atoms with Gasteiger partial charge in [0.2, 0.25) is 0 Å². The Morgan fingerprint density at radius 3 is 3.00 bits per heavy atom. The summed E-state index contributed by atoms with van der Waals surface area (Å²) in [5.74, 6) is -0.759. The van der Waals surface area contributed by atoms with E-state index >= 15 is 0 Å². The minimum atomic E-state index is -4.04. The first-order valence-corrected chi connectivity index (χ1v) is 8.71. The van der Waals surface area contributed by atoms with Gasteiger partial charge in [-0.25, -0.2) is 13.1 Å². The van der Waals surface area contributed by atoms with Gasteiger partial charge < -0.3 is 9.47 Å². The van der Waals surface area contributed by atoms with E-state index in [1.807, 2.05) is 10.8 Å². The van der Waals surface area contributed by atoms with Crippen LogP contribution in [0.25, 0.3) is 0 Å². The molecule has 2 rings (SSSR count). The van der Waals surface area contributed by atoms with Gasteiger partial charge in [0.05, 0.1) is 29.2 Å². The highest BCUT2D eigenvalue weighted by Crippen LogP contribution is 2.14. The largest absolute Gasteiger partial charge is 0.376 e. The van der Waals surface area contributed by atoms with Gasteiger partial charge >= 0.3 is 0 Å². The standard InChI is InChI=1S/C15H18N2O5S/c1-11(22-10-13-5-3-7-21-13)15(18)17-23(19,20)14-6-2-4-12(8-14)9-16/h2,4,6,8,11,13H,3,5,7,10H2,1H3,(H,17,18)/t11-,13-/m0/s1. The zero-order valence-corrected chi connectivity index (χ0v) is 13.5. The third-order valence-electron chi connectivity index (χ3n) is 3.43. The van der Waals surface area contributed by atoms with Crippen molar-refractivity contribution in [3.63, 3.8) is 0 Å². The Morgan fingerprint density at radius 2 is 2.35 bits per heavy atom. The summed E-state index contributed by atoms with van der Waals surface area (Å²) in [6, 6.07) is 7.29. The molecule has 0 bridgehead atoms. The lowest BCUT2D eigenvalue weighted by atomic mass is 10.2. The van der Waals surface area contributed by atoms with Crippen LogP contribution in [0.15, 0.2) is 29.2 Å². The molecule has 1 aliphatic heterocycles. The van der Waals surface area contributed by atoms with Crippen LogP contribution < -0.4 is 4.72 Å². The molecule has 124 valence electrons. The predicted octanol–water partition coefficient (Wildman–Crippen LogP) is 0.947. The average molecular weight is 338 g/mol. The fraction of sp³-hybridized carbons (Fsp3) is 0.467. The number of nitrogens with zero attached hydrogens (tertiary/aromatic N) is 1. The van der Waals surface area contributed by atoms with E-state index in [4.69, 9.17) is 14.7 Å². The second-order valence-corrected chi connectivity index (χ2v) is 6.90. The maximum Gasteiger partial charge on any atom is 0.264 e. The smallest absolute Gasteiger partial charge is 0.264 e. The molecule has 8 heteroatoms. The van der Waals surface area contributed by atoms with E-state index in [-0.39, 0.29) is 23.2 Å². The van der Waals surface area contributed by atoms with Crippen molar-refractivity contribution >= 4 is 15.9 Å². The number of nitrogens with one attached hydrogen (secondary N) is 1. The fourth-order valence-corrected chi connectivity index (χ4v) is 3.20. The minimum Gasteiger partial charge on any atom is -0.376 e. The Bertz CT molecular complexity index is 705. The summed E-state index contributed by atoms with van der Waals surface area (Å²) in [6.07, 6.45) is 0.855. The Kier molecular flexibility index (Phi) is 5.71. The van der Waals surface area contributed by atoms with Gasteiger partial charge in [0.15, 0.2) is 0 Å². The number of carbonyl (C=O) groups excluding carboxylic acids is 1. The van der Waals surface area contributed by atoms with Crippen molar-refractivity contribution in [2.45, 2.75) is 36.9 Å². The molecule has 1 heterocycles. The number of hydrogen-bond donors (Lipinski definition) is 1. The quantitative estimate of drug-likeness (QED) is 0.828. The monoisotopic (exact) mass is 338 g/mol. The predicted molar refractivity (Wildman–Crippen MR) is 80.9 cm³/mol. The molecule has 1 saturated heterocycles. The normalized spacial score (nSPS) is 19.0. The molecule has 0 aliphatic carbocycles. The van der Waals surface area contributed by atoms with E-state index < -0.39 is 22.0 Å². The van der Waals surface area contributed by atoms with Gasteiger partial charge in [-0.05, 0) is 38.0 Å². The summed E-state index contributed by atoms with van der Waals surface area (Å²) in [4.78, 5) is 11.8. The number of amides is 1. The van der Waals surface area contributed by atoms with Crippen molar-refractivity contribution < 1.29 is 22.7 Å². The highest BCUT2D eigenvalue weighted by atomic mass is 32.2. The van der Waals surface area contributed by atoms with Crippen molar-refractivity contribution in [1.29, 1.82) is 5.26 Å².